The van der Waals surface area contributed by atoms with Gasteiger partial charge in [-0.15, -0.1) is 0 Å². The van der Waals surface area contributed by atoms with Gasteiger partial charge in [0.25, 0.3) is 5.69 Å². The van der Waals surface area contributed by atoms with Gasteiger partial charge < -0.3 is 14.8 Å². The van der Waals surface area contributed by atoms with Crippen LogP contribution in [0.5, 0.6) is 11.5 Å². The largest absolute Gasteiger partial charge is 0.489 e. The third kappa shape index (κ3) is 4.38. The molecule has 1 N–H and O–H groups in total. The predicted molar refractivity (Wildman–Crippen MR) is 103 cm³/mol. The van der Waals surface area contributed by atoms with Crippen molar-refractivity contribution in [1.29, 1.82) is 0 Å². The van der Waals surface area contributed by atoms with Crippen molar-refractivity contribution in [2.45, 2.75) is 13.3 Å². The van der Waals surface area contributed by atoms with E-state index in [4.69, 9.17) is 21.1 Å². The van der Waals surface area contributed by atoms with Crippen LogP contribution in [0.1, 0.15) is 17.5 Å². The van der Waals surface area contributed by atoms with Crippen molar-refractivity contribution < 1.29 is 19.2 Å². The van der Waals surface area contributed by atoms with Crippen LogP contribution in [-0.4, -0.2) is 24.0 Å². The zero-order valence-electron chi connectivity index (χ0n) is 14.5. The zero-order valence-corrected chi connectivity index (χ0v) is 15.3. The monoisotopic (exact) mass is 388 g/mol. The summed E-state index contributed by atoms with van der Waals surface area (Å²) >= 11 is 6.23. The molecule has 140 valence electrons. The van der Waals surface area contributed by atoms with Gasteiger partial charge in [0.1, 0.15) is 0 Å². The number of carbonyl (C=O) groups excluding carboxylic acids is 1. The van der Waals surface area contributed by atoms with Crippen molar-refractivity contribution in [2.24, 2.45) is 0 Å². The van der Waals surface area contributed by atoms with Gasteiger partial charge in [0.05, 0.1) is 34.4 Å². The number of nitro groups is 1. The number of rotatable bonds is 4. The van der Waals surface area contributed by atoms with E-state index in [2.05, 4.69) is 5.32 Å². The van der Waals surface area contributed by atoms with Gasteiger partial charge in [-0.3, -0.25) is 14.9 Å². The molecule has 0 atom stereocenters. The number of hydrogen-bond donors (Lipinski definition) is 1. The molecule has 0 aromatic heterocycles. The Kier molecular flexibility index (Phi) is 5.61. The predicted octanol–water partition coefficient (Wildman–Crippen LogP) is 4.37. The fourth-order valence-corrected chi connectivity index (χ4v) is 2.92. The summed E-state index contributed by atoms with van der Waals surface area (Å²) in [6.07, 6.45) is 3.68. The Balaban J connectivity index is 1.76. The van der Waals surface area contributed by atoms with Crippen molar-refractivity contribution in [1.82, 2.24) is 0 Å². The average Bonchev–Trinajstić information content (AvgIpc) is 2.87. The number of nitrogens with one attached hydrogen (secondary N) is 1. The van der Waals surface area contributed by atoms with Crippen LogP contribution in [0, 0.1) is 17.0 Å². The second-order valence-electron chi connectivity index (χ2n) is 5.91. The van der Waals surface area contributed by atoms with E-state index in [1.807, 2.05) is 0 Å². The highest BCUT2D eigenvalue weighted by atomic mass is 35.5. The molecule has 0 fully saturated rings. The molecule has 0 radical (unpaired) electrons. The molecule has 7 nitrogen and oxygen atoms in total. The van der Waals surface area contributed by atoms with Gasteiger partial charge in [-0.25, -0.2) is 0 Å². The maximum atomic E-state index is 12.2. The highest BCUT2D eigenvalue weighted by Crippen LogP contribution is 2.38. The fraction of sp³-hybridized carbons (Fsp3) is 0.211. The van der Waals surface area contributed by atoms with Crippen molar-refractivity contribution in [3.8, 4) is 11.5 Å². The van der Waals surface area contributed by atoms with E-state index < -0.39 is 10.8 Å². The summed E-state index contributed by atoms with van der Waals surface area (Å²) in [7, 11) is 0. The van der Waals surface area contributed by atoms with Gasteiger partial charge in [0, 0.05) is 18.6 Å². The van der Waals surface area contributed by atoms with Crippen molar-refractivity contribution >= 4 is 35.0 Å². The average molecular weight is 389 g/mol. The smallest absolute Gasteiger partial charge is 0.274 e. The Labute approximate surface area is 160 Å². The molecule has 2 aromatic rings. The molecule has 0 saturated carbocycles. The minimum atomic E-state index is -0.486. The molecular formula is C19H17ClN2O5. The van der Waals surface area contributed by atoms with Crippen molar-refractivity contribution in [3.63, 3.8) is 0 Å². The minimum Gasteiger partial charge on any atom is -0.489 e. The fourth-order valence-electron chi connectivity index (χ4n) is 2.65. The number of benzene rings is 2. The molecule has 1 heterocycles. The molecule has 27 heavy (non-hydrogen) atoms. The lowest BCUT2D eigenvalue weighted by molar-refractivity contribution is -0.385. The summed E-state index contributed by atoms with van der Waals surface area (Å²) in [5.74, 6) is 0.624. The Morgan fingerprint density at radius 1 is 1.30 bits per heavy atom. The van der Waals surface area contributed by atoms with E-state index >= 15 is 0 Å². The molecule has 3 rings (SSSR count). The first-order valence-corrected chi connectivity index (χ1v) is 8.65. The summed E-state index contributed by atoms with van der Waals surface area (Å²) in [4.78, 5) is 22.7. The first-order valence-electron chi connectivity index (χ1n) is 8.28. The standard InChI is InChI=1S/C19H17ClN2O5/c1-12-15(4-2-5-16(12)22(24)25)21-18(23)7-6-13-10-14(20)19-17(11-13)26-8-3-9-27-19/h2,4-7,10-11H,3,8-9H2,1H3,(H,21,23)/b7-6+. The maximum absolute atomic E-state index is 12.2. The molecular weight excluding hydrogens is 372 g/mol. The topological polar surface area (TPSA) is 90.7 Å². The van der Waals surface area contributed by atoms with E-state index in [0.717, 1.165) is 6.42 Å². The Hall–Kier alpha value is -3.06. The van der Waals surface area contributed by atoms with E-state index in [0.29, 0.717) is 46.5 Å². The molecule has 0 spiro atoms. The maximum Gasteiger partial charge on any atom is 0.274 e. The molecule has 1 aliphatic rings. The Morgan fingerprint density at radius 2 is 2.07 bits per heavy atom. The first-order chi connectivity index (χ1) is 13.0. The molecule has 0 unspecified atom stereocenters. The van der Waals surface area contributed by atoms with Crippen LogP contribution in [0.2, 0.25) is 5.02 Å². The molecule has 0 saturated heterocycles. The van der Waals surface area contributed by atoms with E-state index in [1.54, 1.807) is 31.2 Å². The number of carbonyl (C=O) groups is 1. The van der Waals surface area contributed by atoms with Gasteiger partial charge in [0.15, 0.2) is 11.5 Å². The number of anilines is 1. The van der Waals surface area contributed by atoms with Crippen LogP contribution in [-0.2, 0) is 4.79 Å². The highest BCUT2D eigenvalue weighted by molar-refractivity contribution is 6.32. The van der Waals surface area contributed by atoms with Crippen molar-refractivity contribution in [3.05, 3.63) is 62.7 Å². The molecule has 0 bridgehead atoms. The van der Waals surface area contributed by atoms with Crippen LogP contribution < -0.4 is 14.8 Å². The number of fused-ring (bicyclic) bond motifs is 1. The number of ether oxygens (including phenoxy) is 2. The zero-order chi connectivity index (χ0) is 19.4. The van der Waals surface area contributed by atoms with Gasteiger partial charge in [-0.1, -0.05) is 17.7 Å². The number of nitro benzene ring substituents is 1. The van der Waals surface area contributed by atoms with E-state index in [9.17, 15) is 14.9 Å². The third-order valence-electron chi connectivity index (χ3n) is 4.01. The Morgan fingerprint density at radius 3 is 2.85 bits per heavy atom. The van der Waals surface area contributed by atoms with E-state index in [1.165, 1.54) is 18.2 Å². The minimum absolute atomic E-state index is 0.0496. The number of nitrogens with zero attached hydrogens (tertiary/aromatic N) is 1. The molecule has 1 amide bonds. The summed E-state index contributed by atoms with van der Waals surface area (Å²) in [5.41, 5.74) is 1.40. The first kappa shape index (κ1) is 18.7. The van der Waals surface area contributed by atoms with Crippen LogP contribution >= 0.6 is 11.6 Å². The second-order valence-corrected chi connectivity index (χ2v) is 6.32. The summed E-state index contributed by atoms with van der Waals surface area (Å²) in [6, 6.07) is 7.94. The number of halogens is 1. The Bertz CT molecular complexity index is 927. The quantitative estimate of drug-likeness (QED) is 0.477. The van der Waals surface area contributed by atoms with Crippen LogP contribution in [0.25, 0.3) is 6.08 Å². The second kappa shape index (κ2) is 8.09. The van der Waals surface area contributed by atoms with Gasteiger partial charge in [-0.2, -0.15) is 0 Å². The van der Waals surface area contributed by atoms with Gasteiger partial charge in [-0.05, 0) is 36.8 Å². The number of hydrogen-bond acceptors (Lipinski definition) is 5. The lowest BCUT2D eigenvalue weighted by Crippen LogP contribution is -2.09. The van der Waals surface area contributed by atoms with Crippen LogP contribution in [0.3, 0.4) is 0 Å². The summed E-state index contributed by atoms with van der Waals surface area (Å²) in [5, 5.41) is 14.0. The third-order valence-corrected chi connectivity index (χ3v) is 4.29. The van der Waals surface area contributed by atoms with Gasteiger partial charge >= 0.3 is 0 Å². The molecule has 1 aliphatic heterocycles. The lowest BCUT2D eigenvalue weighted by atomic mass is 10.1. The molecule has 0 aliphatic carbocycles. The van der Waals surface area contributed by atoms with Crippen LogP contribution in [0.15, 0.2) is 36.4 Å². The summed E-state index contributed by atoms with van der Waals surface area (Å²) in [6.45, 7) is 2.65. The highest BCUT2D eigenvalue weighted by Gasteiger charge is 2.16. The lowest BCUT2D eigenvalue weighted by Gasteiger charge is -2.10. The normalized spacial score (nSPS) is 13.3. The number of amides is 1. The molecule has 8 heteroatoms. The van der Waals surface area contributed by atoms with Crippen molar-refractivity contribution in [2.75, 3.05) is 18.5 Å². The van der Waals surface area contributed by atoms with Crippen LogP contribution in [0.4, 0.5) is 11.4 Å². The SMILES string of the molecule is Cc1c(NC(=O)/C=C/c2cc(Cl)c3c(c2)OCCCO3)cccc1[N+](=O)[O-]. The van der Waals surface area contributed by atoms with Gasteiger partial charge in [0.2, 0.25) is 5.91 Å². The molecule has 2 aromatic carbocycles. The van der Waals surface area contributed by atoms with E-state index in [-0.39, 0.29) is 5.69 Å². The summed E-state index contributed by atoms with van der Waals surface area (Å²) < 4.78 is 11.2.